The van der Waals surface area contributed by atoms with Crippen LogP contribution in [-0.4, -0.2) is 49.1 Å². The van der Waals surface area contributed by atoms with E-state index in [4.69, 9.17) is 18.3 Å². The van der Waals surface area contributed by atoms with Crippen molar-refractivity contribution >= 4 is 11.8 Å². The van der Waals surface area contributed by atoms with Gasteiger partial charge in [0.05, 0.1) is 7.11 Å². The van der Waals surface area contributed by atoms with Crippen LogP contribution >= 0.6 is 0 Å². The number of methoxy groups -OCH3 is 1. The first kappa shape index (κ1) is 24.0. The van der Waals surface area contributed by atoms with Gasteiger partial charge in [0.15, 0.2) is 5.76 Å². The average molecular weight is 499 g/mol. The predicted octanol–water partition coefficient (Wildman–Crippen LogP) is 4.66. The number of anilines is 1. The van der Waals surface area contributed by atoms with Crippen molar-refractivity contribution < 1.29 is 23.1 Å². The van der Waals surface area contributed by atoms with E-state index in [0.29, 0.717) is 54.9 Å². The van der Waals surface area contributed by atoms with E-state index in [1.165, 1.54) is 0 Å². The summed E-state index contributed by atoms with van der Waals surface area (Å²) in [4.78, 5) is 20.9. The van der Waals surface area contributed by atoms with Crippen LogP contribution in [0, 0.1) is 18.3 Å². The van der Waals surface area contributed by atoms with Crippen LogP contribution < -0.4 is 14.4 Å². The molecular weight excluding hydrogens is 472 g/mol. The number of carbonyl (C=O) groups excluding carboxylic acids is 1. The van der Waals surface area contributed by atoms with E-state index in [-0.39, 0.29) is 24.1 Å². The average Bonchev–Trinajstić information content (AvgIpc) is 3.60. The van der Waals surface area contributed by atoms with Crippen LogP contribution in [0.4, 0.5) is 5.88 Å². The van der Waals surface area contributed by atoms with Crippen molar-refractivity contribution in [2.45, 2.75) is 13.5 Å². The minimum atomic E-state index is -0.0444. The second-order valence-electron chi connectivity index (χ2n) is 8.66. The quantitative estimate of drug-likeness (QED) is 0.362. The third-order valence-electron chi connectivity index (χ3n) is 6.18. The molecule has 1 saturated heterocycles. The van der Waals surface area contributed by atoms with Crippen LogP contribution in [0.1, 0.15) is 27.4 Å². The molecular formula is C28H26N4O5. The fourth-order valence-corrected chi connectivity index (χ4v) is 4.09. The molecule has 0 aliphatic carbocycles. The molecule has 9 nitrogen and oxygen atoms in total. The summed E-state index contributed by atoms with van der Waals surface area (Å²) in [5, 5.41) is 9.65. The van der Waals surface area contributed by atoms with Crippen LogP contribution in [0.2, 0.25) is 0 Å². The number of aryl methyl sites for hydroxylation is 1. The second-order valence-corrected chi connectivity index (χ2v) is 8.66. The highest BCUT2D eigenvalue weighted by molar-refractivity contribution is 5.94. The number of piperazine rings is 1. The van der Waals surface area contributed by atoms with Crippen LogP contribution in [0.3, 0.4) is 0 Å². The number of nitriles is 1. The van der Waals surface area contributed by atoms with Gasteiger partial charge in [-0.25, -0.2) is 0 Å². The Bertz CT molecular complexity index is 1410. The van der Waals surface area contributed by atoms with Crippen molar-refractivity contribution in [1.82, 2.24) is 9.88 Å². The third-order valence-corrected chi connectivity index (χ3v) is 6.18. The molecule has 0 unspecified atom stereocenters. The number of furan rings is 1. The van der Waals surface area contributed by atoms with E-state index in [9.17, 15) is 10.1 Å². The highest BCUT2D eigenvalue weighted by atomic mass is 16.5. The molecule has 1 amide bonds. The lowest BCUT2D eigenvalue weighted by molar-refractivity contribution is 0.0745. The highest BCUT2D eigenvalue weighted by Crippen LogP contribution is 2.30. The monoisotopic (exact) mass is 498 g/mol. The number of benzene rings is 2. The summed E-state index contributed by atoms with van der Waals surface area (Å²) in [6.07, 6.45) is 0. The Morgan fingerprint density at radius 1 is 0.973 bits per heavy atom. The minimum Gasteiger partial charge on any atom is -0.497 e. The fraction of sp³-hybridized carbons (Fsp3) is 0.250. The SMILES string of the molecule is COc1ccc(C(=O)N2CCN(c3oc(-c4ccc(COc5ccc(C)cc5)o4)nc3C#N)CC2)cc1. The lowest BCUT2D eigenvalue weighted by atomic mass is 10.1. The van der Waals surface area contributed by atoms with E-state index >= 15 is 0 Å². The zero-order chi connectivity index (χ0) is 25.8. The molecule has 9 heteroatoms. The first-order valence-electron chi connectivity index (χ1n) is 11.9. The molecule has 3 heterocycles. The van der Waals surface area contributed by atoms with Gasteiger partial charge in [-0.2, -0.15) is 10.2 Å². The Balaban J connectivity index is 1.23. The topological polar surface area (TPSA) is 105 Å². The summed E-state index contributed by atoms with van der Waals surface area (Å²) >= 11 is 0. The smallest absolute Gasteiger partial charge is 0.266 e. The van der Waals surface area contributed by atoms with Crippen molar-refractivity contribution in [3.63, 3.8) is 0 Å². The lowest BCUT2D eigenvalue weighted by Gasteiger charge is -2.34. The maximum atomic E-state index is 12.9. The molecule has 0 N–H and O–H groups in total. The van der Waals surface area contributed by atoms with Gasteiger partial charge in [0.2, 0.25) is 11.6 Å². The van der Waals surface area contributed by atoms with E-state index < -0.39 is 0 Å². The first-order chi connectivity index (χ1) is 18.0. The largest absolute Gasteiger partial charge is 0.497 e. The van der Waals surface area contributed by atoms with Crippen LogP contribution in [0.25, 0.3) is 11.7 Å². The van der Waals surface area contributed by atoms with Gasteiger partial charge in [0.1, 0.15) is 29.9 Å². The van der Waals surface area contributed by atoms with E-state index in [1.807, 2.05) is 36.1 Å². The van der Waals surface area contributed by atoms with E-state index in [1.54, 1.807) is 48.4 Å². The Morgan fingerprint density at radius 3 is 2.35 bits per heavy atom. The van der Waals surface area contributed by atoms with Gasteiger partial charge < -0.3 is 28.1 Å². The molecule has 1 fully saturated rings. The molecule has 0 atom stereocenters. The zero-order valence-electron chi connectivity index (χ0n) is 20.6. The Kier molecular flexibility index (Phi) is 6.81. The van der Waals surface area contributed by atoms with Gasteiger partial charge in [-0.3, -0.25) is 4.79 Å². The van der Waals surface area contributed by atoms with Crippen molar-refractivity contribution in [3.05, 3.63) is 83.2 Å². The van der Waals surface area contributed by atoms with Crippen LogP contribution in [0.5, 0.6) is 11.5 Å². The third kappa shape index (κ3) is 5.28. The number of ether oxygens (including phenoxy) is 2. The first-order valence-corrected chi connectivity index (χ1v) is 11.9. The Labute approximate surface area is 214 Å². The Hall–Kier alpha value is -4.71. The molecule has 1 aliphatic heterocycles. The molecule has 0 spiro atoms. The van der Waals surface area contributed by atoms with Crippen molar-refractivity contribution in [1.29, 1.82) is 5.26 Å². The van der Waals surface area contributed by atoms with Gasteiger partial charge in [-0.15, -0.1) is 0 Å². The molecule has 2 aromatic carbocycles. The normalized spacial score (nSPS) is 13.3. The maximum Gasteiger partial charge on any atom is 0.266 e. The molecule has 0 bridgehead atoms. The summed E-state index contributed by atoms with van der Waals surface area (Å²) in [7, 11) is 1.59. The standard InChI is InChI=1S/C28H26N4O5/c1-19-3-7-22(8-4-19)35-18-23-11-12-25(36-23)26-30-24(17-29)28(37-26)32-15-13-31(14-16-32)27(33)20-5-9-21(34-2)10-6-20/h3-12H,13-16,18H2,1-2H3. The molecule has 0 radical (unpaired) electrons. The lowest BCUT2D eigenvalue weighted by Crippen LogP contribution is -2.48. The molecule has 1 aliphatic rings. The number of hydrogen-bond acceptors (Lipinski definition) is 8. The van der Waals surface area contributed by atoms with Crippen molar-refractivity contribution in [3.8, 4) is 29.2 Å². The molecule has 37 heavy (non-hydrogen) atoms. The molecule has 188 valence electrons. The summed E-state index contributed by atoms with van der Waals surface area (Å²) in [5.74, 6) is 3.04. The summed E-state index contributed by atoms with van der Waals surface area (Å²) in [6.45, 7) is 4.29. The van der Waals surface area contributed by atoms with Gasteiger partial charge >= 0.3 is 0 Å². The summed E-state index contributed by atoms with van der Waals surface area (Å²) in [6, 6.07) is 20.5. The molecule has 5 rings (SSSR count). The second kappa shape index (κ2) is 10.5. The van der Waals surface area contributed by atoms with Crippen LogP contribution in [-0.2, 0) is 6.61 Å². The van der Waals surface area contributed by atoms with Crippen molar-refractivity contribution in [2.24, 2.45) is 0 Å². The van der Waals surface area contributed by atoms with E-state index in [2.05, 4.69) is 11.1 Å². The fourth-order valence-electron chi connectivity index (χ4n) is 4.09. The van der Waals surface area contributed by atoms with E-state index in [0.717, 1.165) is 11.3 Å². The predicted molar refractivity (Wildman–Crippen MR) is 136 cm³/mol. The van der Waals surface area contributed by atoms with Gasteiger partial charge in [0.25, 0.3) is 11.8 Å². The summed E-state index contributed by atoms with van der Waals surface area (Å²) in [5.41, 5.74) is 1.94. The molecule has 4 aromatic rings. The maximum absolute atomic E-state index is 12.9. The van der Waals surface area contributed by atoms with Gasteiger partial charge in [0, 0.05) is 31.7 Å². The highest BCUT2D eigenvalue weighted by Gasteiger charge is 2.27. The Morgan fingerprint density at radius 2 is 1.68 bits per heavy atom. The molecule has 0 saturated carbocycles. The summed E-state index contributed by atoms with van der Waals surface area (Å²) < 4.78 is 22.8. The minimum absolute atomic E-state index is 0.0444. The number of hydrogen-bond donors (Lipinski definition) is 0. The van der Waals surface area contributed by atoms with Crippen LogP contribution in [0.15, 0.2) is 69.5 Å². The number of nitrogens with zero attached hydrogens (tertiary/aromatic N) is 4. The van der Waals surface area contributed by atoms with Crippen molar-refractivity contribution in [2.75, 3.05) is 38.2 Å². The van der Waals surface area contributed by atoms with Gasteiger partial charge in [-0.05, 0) is 55.5 Å². The number of aromatic nitrogens is 1. The molecule has 2 aromatic heterocycles. The number of amides is 1. The number of carbonyl (C=O) groups is 1. The number of oxazole rings is 1. The number of rotatable bonds is 7. The van der Waals surface area contributed by atoms with Gasteiger partial charge in [-0.1, -0.05) is 17.7 Å². The zero-order valence-corrected chi connectivity index (χ0v) is 20.6.